The van der Waals surface area contributed by atoms with Crippen LogP contribution in [0.15, 0.2) is 47.6 Å². The van der Waals surface area contributed by atoms with E-state index in [9.17, 15) is 9.59 Å². The predicted molar refractivity (Wildman–Crippen MR) is 90.6 cm³/mol. The Kier molecular flexibility index (Phi) is 4.91. The van der Waals surface area contributed by atoms with Gasteiger partial charge in [-0.3, -0.25) is 9.59 Å². The summed E-state index contributed by atoms with van der Waals surface area (Å²) in [5.41, 5.74) is 12.4. The number of hydrazone groups is 1. The van der Waals surface area contributed by atoms with Gasteiger partial charge in [0.2, 0.25) is 5.91 Å². The van der Waals surface area contributed by atoms with Crippen molar-refractivity contribution in [2.24, 2.45) is 10.8 Å². The first-order valence-electron chi connectivity index (χ1n) is 7.20. The Morgan fingerprint density at radius 3 is 2.17 bits per heavy atom. The molecule has 0 saturated carbocycles. The summed E-state index contributed by atoms with van der Waals surface area (Å²) in [7, 11) is 0. The van der Waals surface area contributed by atoms with E-state index in [0.29, 0.717) is 11.1 Å². The van der Waals surface area contributed by atoms with Gasteiger partial charge in [0.05, 0.1) is 5.71 Å². The number of hydrogen-bond donors (Lipinski definition) is 2. The number of benzene rings is 2. The lowest BCUT2D eigenvalue weighted by molar-refractivity contribution is 0.0952. The van der Waals surface area contributed by atoms with E-state index in [1.54, 1.807) is 0 Å². The van der Waals surface area contributed by atoms with E-state index in [-0.39, 0.29) is 5.91 Å². The molecule has 0 aliphatic heterocycles. The SMILES string of the molecule is CC(=NNC(=O)c1ccc(C(N)=O)cc1)c1ccc(C)cc1C. The van der Waals surface area contributed by atoms with Gasteiger partial charge < -0.3 is 5.73 Å². The highest BCUT2D eigenvalue weighted by molar-refractivity contribution is 6.02. The van der Waals surface area contributed by atoms with Crippen molar-refractivity contribution in [3.05, 3.63) is 70.3 Å². The number of carbonyl (C=O) groups excluding carboxylic acids is 2. The van der Waals surface area contributed by atoms with Crippen LogP contribution in [-0.4, -0.2) is 17.5 Å². The summed E-state index contributed by atoms with van der Waals surface area (Å²) in [6.45, 7) is 5.88. The molecule has 0 atom stereocenters. The number of rotatable bonds is 4. The molecule has 2 rings (SSSR count). The lowest BCUT2D eigenvalue weighted by atomic mass is 10.0. The molecular formula is C18H19N3O2. The predicted octanol–water partition coefficient (Wildman–Crippen LogP) is 2.56. The van der Waals surface area contributed by atoms with Crippen molar-refractivity contribution in [2.45, 2.75) is 20.8 Å². The van der Waals surface area contributed by atoms with Crippen LogP contribution < -0.4 is 11.2 Å². The Hall–Kier alpha value is -2.95. The third-order valence-corrected chi connectivity index (χ3v) is 3.53. The molecule has 5 nitrogen and oxygen atoms in total. The second-order valence-electron chi connectivity index (χ2n) is 5.40. The Morgan fingerprint density at radius 1 is 1.00 bits per heavy atom. The highest BCUT2D eigenvalue weighted by Gasteiger charge is 2.07. The van der Waals surface area contributed by atoms with Crippen molar-refractivity contribution >= 4 is 17.5 Å². The Labute approximate surface area is 135 Å². The second-order valence-corrected chi connectivity index (χ2v) is 5.40. The average Bonchev–Trinajstić information content (AvgIpc) is 2.52. The molecule has 0 radical (unpaired) electrons. The summed E-state index contributed by atoms with van der Waals surface area (Å²) in [5, 5.41) is 4.14. The average molecular weight is 309 g/mol. The smallest absolute Gasteiger partial charge is 0.271 e. The standard InChI is InChI=1S/C18H19N3O2/c1-11-4-9-16(12(2)10-11)13(3)20-21-18(23)15-7-5-14(6-8-15)17(19)22/h4-10H,1-3H3,(H2,19,22)(H,21,23). The van der Waals surface area contributed by atoms with Crippen molar-refractivity contribution < 1.29 is 9.59 Å². The van der Waals surface area contributed by atoms with Crippen molar-refractivity contribution in [1.82, 2.24) is 5.43 Å². The topological polar surface area (TPSA) is 84.6 Å². The molecule has 0 unspecified atom stereocenters. The fourth-order valence-corrected chi connectivity index (χ4v) is 2.26. The first-order valence-corrected chi connectivity index (χ1v) is 7.20. The lowest BCUT2D eigenvalue weighted by Gasteiger charge is -2.07. The summed E-state index contributed by atoms with van der Waals surface area (Å²) in [4.78, 5) is 23.1. The first kappa shape index (κ1) is 16.4. The Bertz CT molecular complexity index is 777. The van der Waals surface area contributed by atoms with E-state index < -0.39 is 5.91 Å². The molecule has 0 aliphatic rings. The van der Waals surface area contributed by atoms with Crippen LogP contribution in [0.1, 0.15) is 44.3 Å². The zero-order chi connectivity index (χ0) is 17.0. The number of amides is 2. The monoisotopic (exact) mass is 309 g/mol. The van der Waals surface area contributed by atoms with Gasteiger partial charge in [0, 0.05) is 16.7 Å². The Morgan fingerprint density at radius 2 is 1.61 bits per heavy atom. The molecule has 2 aromatic carbocycles. The highest BCUT2D eigenvalue weighted by Crippen LogP contribution is 2.11. The minimum atomic E-state index is -0.527. The molecule has 2 amide bonds. The van der Waals surface area contributed by atoms with Crippen molar-refractivity contribution in [3.8, 4) is 0 Å². The molecule has 118 valence electrons. The maximum atomic E-state index is 12.1. The molecule has 0 spiro atoms. The largest absolute Gasteiger partial charge is 0.366 e. The highest BCUT2D eigenvalue weighted by atomic mass is 16.2. The zero-order valence-electron chi connectivity index (χ0n) is 13.4. The summed E-state index contributed by atoms with van der Waals surface area (Å²) in [6.07, 6.45) is 0. The zero-order valence-corrected chi connectivity index (χ0v) is 13.4. The van der Waals surface area contributed by atoms with Gasteiger partial charge in [0.1, 0.15) is 0 Å². The molecule has 0 bridgehead atoms. The van der Waals surface area contributed by atoms with Gasteiger partial charge in [-0.15, -0.1) is 0 Å². The number of hydrogen-bond acceptors (Lipinski definition) is 3. The molecule has 0 saturated heterocycles. The molecule has 0 fully saturated rings. The number of carbonyl (C=O) groups is 2. The third kappa shape index (κ3) is 4.03. The van der Waals surface area contributed by atoms with Crippen LogP contribution in [0, 0.1) is 13.8 Å². The number of nitrogens with zero attached hydrogens (tertiary/aromatic N) is 1. The first-order chi connectivity index (χ1) is 10.9. The van der Waals surface area contributed by atoms with Crippen LogP contribution in [0.3, 0.4) is 0 Å². The van der Waals surface area contributed by atoms with Crippen molar-refractivity contribution in [1.29, 1.82) is 0 Å². The van der Waals surface area contributed by atoms with Gasteiger partial charge in [0.15, 0.2) is 0 Å². The number of nitrogens with two attached hydrogens (primary N) is 1. The fraction of sp³-hybridized carbons (Fsp3) is 0.167. The van der Waals surface area contributed by atoms with Crippen LogP contribution in [-0.2, 0) is 0 Å². The van der Waals surface area contributed by atoms with E-state index in [2.05, 4.69) is 16.6 Å². The maximum Gasteiger partial charge on any atom is 0.271 e. The number of nitrogens with one attached hydrogen (secondary N) is 1. The van der Waals surface area contributed by atoms with E-state index in [4.69, 9.17) is 5.73 Å². The van der Waals surface area contributed by atoms with Crippen LogP contribution in [0.25, 0.3) is 0 Å². The molecule has 0 aliphatic carbocycles. The van der Waals surface area contributed by atoms with Gasteiger partial charge in [0.25, 0.3) is 5.91 Å². The summed E-state index contributed by atoms with van der Waals surface area (Å²) < 4.78 is 0. The normalized spacial score (nSPS) is 11.2. The molecule has 3 N–H and O–H groups in total. The minimum absolute atomic E-state index is 0.342. The lowest BCUT2D eigenvalue weighted by Crippen LogP contribution is -2.20. The van der Waals surface area contributed by atoms with Gasteiger partial charge >= 0.3 is 0 Å². The Balaban J connectivity index is 2.12. The quantitative estimate of drug-likeness (QED) is 0.672. The van der Waals surface area contributed by atoms with E-state index in [1.165, 1.54) is 29.8 Å². The fourth-order valence-electron chi connectivity index (χ4n) is 2.26. The molecule has 5 heteroatoms. The second kappa shape index (κ2) is 6.87. The van der Waals surface area contributed by atoms with Crippen LogP contribution in [0.4, 0.5) is 0 Å². The summed E-state index contributed by atoms with van der Waals surface area (Å²) in [5.74, 6) is -0.870. The van der Waals surface area contributed by atoms with Crippen molar-refractivity contribution in [2.75, 3.05) is 0 Å². The van der Waals surface area contributed by atoms with Crippen molar-refractivity contribution in [3.63, 3.8) is 0 Å². The molecule has 0 aromatic heterocycles. The molecule has 0 heterocycles. The van der Waals surface area contributed by atoms with E-state index in [1.807, 2.05) is 32.9 Å². The summed E-state index contributed by atoms with van der Waals surface area (Å²) >= 11 is 0. The third-order valence-electron chi connectivity index (χ3n) is 3.53. The molecule has 23 heavy (non-hydrogen) atoms. The van der Waals surface area contributed by atoms with Crippen LogP contribution >= 0.6 is 0 Å². The summed E-state index contributed by atoms with van der Waals surface area (Å²) in [6, 6.07) is 12.2. The number of aryl methyl sites for hydroxylation is 2. The molecular weight excluding hydrogens is 290 g/mol. The van der Waals surface area contributed by atoms with Gasteiger partial charge in [-0.05, 0) is 50.6 Å². The van der Waals surface area contributed by atoms with E-state index in [0.717, 1.165) is 16.8 Å². The maximum absolute atomic E-state index is 12.1. The minimum Gasteiger partial charge on any atom is -0.366 e. The van der Waals surface area contributed by atoms with E-state index >= 15 is 0 Å². The number of primary amides is 1. The molecule has 2 aromatic rings. The van der Waals surface area contributed by atoms with Crippen LogP contribution in [0.2, 0.25) is 0 Å². The van der Waals surface area contributed by atoms with Gasteiger partial charge in [-0.2, -0.15) is 5.10 Å². The van der Waals surface area contributed by atoms with Gasteiger partial charge in [-0.1, -0.05) is 23.8 Å². The van der Waals surface area contributed by atoms with Gasteiger partial charge in [-0.25, -0.2) is 5.43 Å². The van der Waals surface area contributed by atoms with Crippen LogP contribution in [0.5, 0.6) is 0 Å².